The molecule has 0 aliphatic carbocycles. The summed E-state index contributed by atoms with van der Waals surface area (Å²) in [5, 5.41) is 7.39. The average Bonchev–Trinajstić information content (AvgIpc) is 2.63. The van der Waals surface area contributed by atoms with Crippen molar-refractivity contribution in [3.8, 4) is 0 Å². The molecular formula is C19H21ClFN3O2. The fraction of sp³-hybridized carbons (Fsp3) is 0.263. The number of amidine groups is 1. The van der Waals surface area contributed by atoms with Gasteiger partial charge in [-0.1, -0.05) is 43.3 Å². The first-order valence-electron chi connectivity index (χ1n) is 8.09. The van der Waals surface area contributed by atoms with Gasteiger partial charge in [0.25, 0.3) is 5.91 Å². The topological polar surface area (TPSA) is 79.4 Å². The van der Waals surface area contributed by atoms with Crippen LogP contribution in [-0.4, -0.2) is 23.3 Å². The molecule has 1 unspecified atom stereocenters. The molecule has 5 nitrogen and oxygen atoms in total. The van der Waals surface area contributed by atoms with E-state index in [0.717, 1.165) is 9.98 Å². The number of carbonyl (C=O) groups excluding carboxylic acids is 1. The number of benzene rings is 2. The molecule has 0 saturated carbocycles. The third-order valence-corrected chi connectivity index (χ3v) is 4.36. The van der Waals surface area contributed by atoms with Crippen LogP contribution in [0.4, 0.5) is 4.39 Å². The number of rotatable bonds is 7. The maximum atomic E-state index is 14.3. The molecule has 0 aliphatic heterocycles. The van der Waals surface area contributed by atoms with E-state index in [1.54, 1.807) is 36.4 Å². The molecule has 0 bridgehead atoms. The van der Waals surface area contributed by atoms with Crippen molar-refractivity contribution in [2.45, 2.75) is 26.0 Å². The number of nitrogens with one attached hydrogen (secondary N) is 1. The molecular weight excluding hydrogens is 357 g/mol. The lowest BCUT2D eigenvalue weighted by Gasteiger charge is -2.23. The highest BCUT2D eigenvalue weighted by atomic mass is 35.5. The van der Waals surface area contributed by atoms with Crippen molar-refractivity contribution < 1.29 is 13.9 Å². The lowest BCUT2D eigenvalue weighted by molar-refractivity contribution is -0.138. The summed E-state index contributed by atoms with van der Waals surface area (Å²) in [4.78, 5) is 12.7. The Morgan fingerprint density at radius 1 is 1.31 bits per heavy atom. The summed E-state index contributed by atoms with van der Waals surface area (Å²) in [6.45, 7) is 1.98. The highest BCUT2D eigenvalue weighted by Crippen LogP contribution is 2.28. The van der Waals surface area contributed by atoms with E-state index in [1.165, 1.54) is 13.2 Å². The minimum atomic E-state index is -1.12. The Morgan fingerprint density at radius 3 is 2.50 bits per heavy atom. The number of carbonyl (C=O) groups is 1. The Hall–Kier alpha value is -2.44. The van der Waals surface area contributed by atoms with Crippen LogP contribution in [-0.2, 0) is 22.5 Å². The van der Waals surface area contributed by atoms with E-state index in [-0.39, 0.29) is 17.9 Å². The molecule has 0 radical (unpaired) electrons. The quantitative estimate of drug-likeness (QED) is 0.440. The van der Waals surface area contributed by atoms with Crippen LogP contribution in [0.15, 0.2) is 42.5 Å². The van der Waals surface area contributed by atoms with Crippen molar-refractivity contribution in [2.24, 2.45) is 5.73 Å². The molecule has 0 fully saturated rings. The summed E-state index contributed by atoms with van der Waals surface area (Å²) in [5.41, 5.74) is 7.65. The van der Waals surface area contributed by atoms with Gasteiger partial charge in [-0.15, -0.1) is 0 Å². The summed E-state index contributed by atoms with van der Waals surface area (Å²) >= 11 is 6.15. The number of methoxy groups -OCH3 is 1. The molecule has 0 spiro atoms. The van der Waals surface area contributed by atoms with Gasteiger partial charge < -0.3 is 10.5 Å². The van der Waals surface area contributed by atoms with Gasteiger partial charge in [-0.25, -0.2) is 8.81 Å². The van der Waals surface area contributed by atoms with Gasteiger partial charge in [-0.05, 0) is 23.6 Å². The molecule has 1 amide bonds. The Bertz CT molecular complexity index is 796. The summed E-state index contributed by atoms with van der Waals surface area (Å²) in [6.07, 6.45) is -0.560. The van der Waals surface area contributed by atoms with Crippen LogP contribution in [0.25, 0.3) is 0 Å². The zero-order valence-corrected chi connectivity index (χ0v) is 15.4. The number of ether oxygens (including phenoxy) is 1. The first-order chi connectivity index (χ1) is 12.4. The van der Waals surface area contributed by atoms with Crippen molar-refractivity contribution >= 4 is 23.5 Å². The third kappa shape index (κ3) is 4.39. The van der Waals surface area contributed by atoms with Crippen LogP contribution < -0.4 is 5.73 Å². The predicted octanol–water partition coefficient (Wildman–Crippen LogP) is 3.54. The third-order valence-electron chi connectivity index (χ3n) is 4.07. The van der Waals surface area contributed by atoms with Crippen molar-refractivity contribution in [2.75, 3.05) is 7.11 Å². The molecule has 2 aromatic carbocycles. The largest absolute Gasteiger partial charge is 0.384 e. The summed E-state index contributed by atoms with van der Waals surface area (Å²) in [6, 6.07) is 11.5. The van der Waals surface area contributed by atoms with Crippen LogP contribution in [0, 0.1) is 11.2 Å². The highest BCUT2D eigenvalue weighted by molar-refractivity contribution is 6.21. The molecule has 2 rings (SSSR count). The number of nitrogens with two attached hydrogens (primary N) is 1. The van der Waals surface area contributed by atoms with Gasteiger partial charge in [0.1, 0.15) is 11.7 Å². The number of hydrogen-bond donors (Lipinski definition) is 2. The van der Waals surface area contributed by atoms with Gasteiger partial charge in [0.2, 0.25) is 0 Å². The molecule has 3 N–H and O–H groups in total. The van der Waals surface area contributed by atoms with E-state index in [1.807, 2.05) is 6.92 Å². The van der Waals surface area contributed by atoms with E-state index in [9.17, 15) is 9.18 Å². The van der Waals surface area contributed by atoms with E-state index >= 15 is 0 Å². The lowest BCUT2D eigenvalue weighted by Crippen LogP contribution is -2.29. The number of amides is 1. The standard InChI is InChI=1S/C19H21ClFN3O2/c1-3-13-5-4-6-15(21)16(13)17(26-2)19(25)24(20)11-12-7-9-14(10-8-12)18(22)23/h4-10,17H,3,11H2,1-2H3,(H3,22,23). The summed E-state index contributed by atoms with van der Waals surface area (Å²) in [5.74, 6) is -1.09. The lowest BCUT2D eigenvalue weighted by atomic mass is 9.99. The first kappa shape index (κ1) is 19.9. The second-order valence-electron chi connectivity index (χ2n) is 5.75. The zero-order chi connectivity index (χ0) is 19.3. The Morgan fingerprint density at radius 2 is 1.96 bits per heavy atom. The van der Waals surface area contributed by atoms with E-state index in [4.69, 9.17) is 27.7 Å². The molecule has 0 heterocycles. The molecule has 1 atom stereocenters. The molecule has 26 heavy (non-hydrogen) atoms. The Kier molecular flexibility index (Phi) is 6.71. The van der Waals surface area contributed by atoms with Gasteiger partial charge in [0.15, 0.2) is 6.10 Å². The second kappa shape index (κ2) is 8.78. The second-order valence-corrected chi connectivity index (χ2v) is 6.16. The van der Waals surface area contributed by atoms with Gasteiger partial charge in [-0.3, -0.25) is 10.2 Å². The van der Waals surface area contributed by atoms with Crippen LogP contribution in [0.2, 0.25) is 0 Å². The highest BCUT2D eigenvalue weighted by Gasteiger charge is 2.29. The molecule has 2 aromatic rings. The van der Waals surface area contributed by atoms with Crippen molar-refractivity contribution in [1.82, 2.24) is 4.42 Å². The Balaban J connectivity index is 2.21. The summed E-state index contributed by atoms with van der Waals surface area (Å²) < 4.78 is 20.6. The fourth-order valence-corrected chi connectivity index (χ4v) is 2.91. The number of nitrogens with zero attached hydrogens (tertiary/aromatic N) is 1. The van der Waals surface area contributed by atoms with E-state index in [2.05, 4.69) is 0 Å². The van der Waals surface area contributed by atoms with Crippen LogP contribution in [0.5, 0.6) is 0 Å². The SMILES string of the molecule is CCc1cccc(F)c1C(OC)C(=O)N(Cl)Cc1ccc(C(=N)N)cc1. The average molecular weight is 378 g/mol. The number of hydrogen-bond acceptors (Lipinski definition) is 3. The summed E-state index contributed by atoms with van der Waals surface area (Å²) in [7, 11) is 1.35. The molecule has 138 valence electrons. The monoisotopic (exact) mass is 377 g/mol. The number of nitrogen functional groups attached to an aromatic ring is 1. The number of aryl methyl sites for hydroxylation is 1. The Labute approximate surface area is 157 Å². The smallest absolute Gasteiger partial charge is 0.271 e. The molecule has 0 aliphatic rings. The molecule has 7 heteroatoms. The van der Waals surface area contributed by atoms with E-state index < -0.39 is 17.8 Å². The van der Waals surface area contributed by atoms with Gasteiger partial charge in [0.05, 0.1) is 6.54 Å². The van der Waals surface area contributed by atoms with Crippen molar-refractivity contribution in [3.05, 3.63) is 70.5 Å². The first-order valence-corrected chi connectivity index (χ1v) is 8.43. The predicted molar refractivity (Wildman–Crippen MR) is 99.4 cm³/mol. The number of halogens is 2. The maximum Gasteiger partial charge on any atom is 0.271 e. The van der Waals surface area contributed by atoms with E-state index in [0.29, 0.717) is 17.5 Å². The minimum absolute atomic E-state index is 0.0403. The van der Waals surface area contributed by atoms with Crippen molar-refractivity contribution in [1.29, 1.82) is 5.41 Å². The van der Waals surface area contributed by atoms with Gasteiger partial charge in [-0.2, -0.15) is 0 Å². The minimum Gasteiger partial charge on any atom is -0.384 e. The molecule has 0 aromatic heterocycles. The fourth-order valence-electron chi connectivity index (χ4n) is 2.68. The molecule has 0 saturated heterocycles. The van der Waals surface area contributed by atoms with Crippen LogP contribution in [0.3, 0.4) is 0 Å². The van der Waals surface area contributed by atoms with Crippen LogP contribution in [0.1, 0.15) is 35.3 Å². The maximum absolute atomic E-state index is 14.3. The van der Waals surface area contributed by atoms with Gasteiger partial charge in [0, 0.05) is 30.0 Å². The zero-order valence-electron chi connectivity index (χ0n) is 14.6. The normalized spacial score (nSPS) is 11.8. The van der Waals surface area contributed by atoms with Crippen LogP contribution >= 0.6 is 11.8 Å². The van der Waals surface area contributed by atoms with Crippen molar-refractivity contribution in [3.63, 3.8) is 0 Å². The van der Waals surface area contributed by atoms with Gasteiger partial charge >= 0.3 is 0 Å².